The Kier molecular flexibility index (Phi) is 7.43. The number of rotatable bonds is 7. The van der Waals surface area contributed by atoms with Gasteiger partial charge in [-0.3, -0.25) is 9.79 Å². The Hall–Kier alpha value is -3.52. The molecule has 0 saturated heterocycles. The van der Waals surface area contributed by atoms with Crippen LogP contribution in [0, 0.1) is 11.3 Å². The smallest absolute Gasteiger partial charge is 0.274 e. The Balaban J connectivity index is 2.46. The standard InChI is InChI=1S/C19H17F4N5O2/c1-2-13(21)15(27-17(29)14-4-3-11(7-24)8-26-14)5-12(6-20)19(18(22)23)10-30-9-16(25)28-19/h2-5,8,18H,1,6,9-10H2,(H2,25,28)(H,27,29)/b12-5+,15-13-. The number of ether oxygens (including phenoxy) is 1. The van der Waals surface area contributed by atoms with Crippen LogP contribution >= 0.6 is 0 Å². The number of aromatic nitrogens is 1. The molecular formula is C19H17F4N5O2. The molecule has 0 aliphatic carbocycles. The maximum atomic E-state index is 14.3. The van der Waals surface area contributed by atoms with Crippen molar-refractivity contribution in [1.29, 1.82) is 5.26 Å². The van der Waals surface area contributed by atoms with Gasteiger partial charge < -0.3 is 15.8 Å². The van der Waals surface area contributed by atoms with E-state index >= 15 is 0 Å². The van der Waals surface area contributed by atoms with Crippen LogP contribution in [0.5, 0.6) is 0 Å². The molecule has 30 heavy (non-hydrogen) atoms. The molecule has 1 aromatic heterocycles. The Morgan fingerprint density at radius 1 is 1.50 bits per heavy atom. The number of aliphatic imine (C=N–C) groups is 1. The van der Waals surface area contributed by atoms with Crippen LogP contribution in [-0.4, -0.2) is 48.6 Å². The molecule has 0 bridgehead atoms. The van der Waals surface area contributed by atoms with Gasteiger partial charge >= 0.3 is 0 Å². The Morgan fingerprint density at radius 2 is 2.23 bits per heavy atom. The summed E-state index contributed by atoms with van der Waals surface area (Å²) in [5.41, 5.74) is 1.72. The molecule has 11 heteroatoms. The predicted molar refractivity (Wildman–Crippen MR) is 100.0 cm³/mol. The zero-order valence-corrected chi connectivity index (χ0v) is 15.5. The lowest BCUT2D eigenvalue weighted by atomic mass is 9.90. The first-order chi connectivity index (χ1) is 14.3. The van der Waals surface area contributed by atoms with Crippen molar-refractivity contribution in [2.24, 2.45) is 10.7 Å². The molecule has 2 rings (SSSR count). The molecule has 1 aliphatic rings. The minimum Gasteiger partial charge on any atom is -0.385 e. The Bertz CT molecular complexity index is 951. The summed E-state index contributed by atoms with van der Waals surface area (Å²) in [6.07, 6.45) is -0.690. The minimum absolute atomic E-state index is 0.186. The van der Waals surface area contributed by atoms with Crippen molar-refractivity contribution in [1.82, 2.24) is 10.3 Å². The van der Waals surface area contributed by atoms with E-state index in [9.17, 15) is 22.4 Å². The highest BCUT2D eigenvalue weighted by molar-refractivity contribution is 5.93. The van der Waals surface area contributed by atoms with E-state index in [0.717, 1.165) is 6.20 Å². The van der Waals surface area contributed by atoms with Crippen LogP contribution in [0.4, 0.5) is 17.6 Å². The highest BCUT2D eigenvalue weighted by Crippen LogP contribution is 2.33. The molecule has 0 radical (unpaired) electrons. The number of nitrogens with zero attached hydrogens (tertiary/aromatic N) is 3. The number of nitrogens with two attached hydrogens (primary N) is 1. The molecule has 158 valence electrons. The van der Waals surface area contributed by atoms with Crippen LogP contribution in [0.25, 0.3) is 0 Å². The lowest BCUT2D eigenvalue weighted by Crippen LogP contribution is -2.49. The lowest BCUT2D eigenvalue weighted by molar-refractivity contribution is 0.00585. The second-order valence-electron chi connectivity index (χ2n) is 6.09. The molecule has 7 nitrogen and oxygen atoms in total. The van der Waals surface area contributed by atoms with Gasteiger partial charge in [0.05, 0.1) is 17.9 Å². The number of hydrogen-bond donors (Lipinski definition) is 2. The SMILES string of the molecule is C=C/C(F)=C(\C=C(/CF)C1(C(F)F)COCC(N)=N1)NC(=O)c1ccc(C#N)cn1. The van der Waals surface area contributed by atoms with Gasteiger partial charge in [-0.2, -0.15) is 5.26 Å². The summed E-state index contributed by atoms with van der Waals surface area (Å²) in [7, 11) is 0. The number of allylic oxidation sites excluding steroid dienone is 3. The summed E-state index contributed by atoms with van der Waals surface area (Å²) in [6.45, 7) is 0.879. The third-order valence-corrected chi connectivity index (χ3v) is 4.10. The average Bonchev–Trinajstić information content (AvgIpc) is 2.75. The minimum atomic E-state index is -3.22. The van der Waals surface area contributed by atoms with E-state index in [0.29, 0.717) is 12.2 Å². The van der Waals surface area contributed by atoms with Gasteiger partial charge in [0.2, 0.25) is 0 Å². The van der Waals surface area contributed by atoms with Crippen molar-refractivity contribution < 1.29 is 27.1 Å². The van der Waals surface area contributed by atoms with Crippen molar-refractivity contribution in [3.8, 4) is 6.07 Å². The molecule has 0 saturated carbocycles. The van der Waals surface area contributed by atoms with Crippen molar-refractivity contribution >= 4 is 11.7 Å². The molecule has 1 amide bonds. The monoisotopic (exact) mass is 423 g/mol. The summed E-state index contributed by atoms with van der Waals surface area (Å²) in [5, 5.41) is 10.9. The first-order valence-electron chi connectivity index (χ1n) is 8.44. The normalized spacial score (nSPS) is 20.1. The van der Waals surface area contributed by atoms with Gasteiger partial charge in [-0.1, -0.05) is 6.58 Å². The highest BCUT2D eigenvalue weighted by atomic mass is 19.3. The average molecular weight is 423 g/mol. The van der Waals surface area contributed by atoms with E-state index in [1.807, 2.05) is 6.07 Å². The Morgan fingerprint density at radius 3 is 2.73 bits per heavy atom. The molecule has 3 N–H and O–H groups in total. The van der Waals surface area contributed by atoms with E-state index in [1.54, 1.807) is 0 Å². The fourth-order valence-electron chi connectivity index (χ4n) is 2.56. The molecule has 2 heterocycles. The van der Waals surface area contributed by atoms with Crippen LogP contribution in [0.1, 0.15) is 16.1 Å². The number of hydrogen-bond acceptors (Lipinski definition) is 6. The number of halogens is 4. The first kappa shape index (κ1) is 22.8. The maximum absolute atomic E-state index is 14.3. The van der Waals surface area contributed by atoms with E-state index in [2.05, 4.69) is 21.9 Å². The second-order valence-corrected chi connectivity index (χ2v) is 6.09. The lowest BCUT2D eigenvalue weighted by Gasteiger charge is -2.34. The largest absolute Gasteiger partial charge is 0.385 e. The summed E-state index contributed by atoms with van der Waals surface area (Å²) in [4.78, 5) is 19.8. The topological polar surface area (TPSA) is 113 Å². The van der Waals surface area contributed by atoms with E-state index in [-0.39, 0.29) is 23.7 Å². The third-order valence-electron chi connectivity index (χ3n) is 4.10. The van der Waals surface area contributed by atoms with Gasteiger partial charge in [0.15, 0.2) is 5.54 Å². The number of carbonyl (C=O) groups excluding carboxylic acids is 1. The fraction of sp³-hybridized carbons (Fsp3) is 0.263. The maximum Gasteiger partial charge on any atom is 0.274 e. The van der Waals surface area contributed by atoms with Gasteiger partial charge in [0.25, 0.3) is 12.3 Å². The number of pyridine rings is 1. The van der Waals surface area contributed by atoms with Gasteiger partial charge in [-0.25, -0.2) is 22.5 Å². The molecule has 0 spiro atoms. The molecule has 1 aliphatic heterocycles. The van der Waals surface area contributed by atoms with Crippen LogP contribution in [0.2, 0.25) is 0 Å². The summed E-state index contributed by atoms with van der Waals surface area (Å²) >= 11 is 0. The first-order valence-corrected chi connectivity index (χ1v) is 8.44. The van der Waals surface area contributed by atoms with Crippen LogP contribution < -0.4 is 11.1 Å². The zero-order valence-electron chi connectivity index (χ0n) is 15.5. The van der Waals surface area contributed by atoms with E-state index in [1.165, 1.54) is 12.1 Å². The van der Waals surface area contributed by atoms with E-state index in [4.69, 9.17) is 15.7 Å². The van der Waals surface area contributed by atoms with Gasteiger partial charge in [0, 0.05) is 6.20 Å². The molecule has 1 aromatic rings. The van der Waals surface area contributed by atoms with Crippen molar-refractivity contribution in [2.45, 2.75) is 12.0 Å². The van der Waals surface area contributed by atoms with Crippen molar-refractivity contribution in [3.05, 3.63) is 65.4 Å². The number of carbonyl (C=O) groups is 1. The molecule has 1 unspecified atom stereocenters. The van der Waals surface area contributed by atoms with Crippen LogP contribution in [-0.2, 0) is 4.74 Å². The number of amides is 1. The number of nitrogens with one attached hydrogen (secondary N) is 1. The van der Waals surface area contributed by atoms with Crippen molar-refractivity contribution in [3.63, 3.8) is 0 Å². The van der Waals surface area contributed by atoms with Gasteiger partial charge in [-0.05, 0) is 29.9 Å². The van der Waals surface area contributed by atoms with Gasteiger partial charge in [0.1, 0.15) is 36.7 Å². The number of amidine groups is 1. The highest BCUT2D eigenvalue weighted by Gasteiger charge is 2.46. The van der Waals surface area contributed by atoms with Crippen LogP contribution in [0.3, 0.4) is 0 Å². The molecular weight excluding hydrogens is 406 g/mol. The van der Waals surface area contributed by atoms with Crippen molar-refractivity contribution in [2.75, 3.05) is 19.9 Å². The quantitative estimate of drug-likeness (QED) is 0.516. The summed E-state index contributed by atoms with van der Waals surface area (Å²) < 4.78 is 60.7. The number of alkyl halides is 3. The van der Waals surface area contributed by atoms with Gasteiger partial charge in [-0.15, -0.1) is 0 Å². The molecule has 1 atom stereocenters. The summed E-state index contributed by atoms with van der Waals surface area (Å²) in [6, 6.07) is 4.33. The van der Waals surface area contributed by atoms with Crippen LogP contribution in [0.15, 0.2) is 59.1 Å². The second kappa shape index (κ2) is 9.80. The summed E-state index contributed by atoms with van der Waals surface area (Å²) in [5.74, 6) is -2.31. The van der Waals surface area contributed by atoms with E-state index < -0.39 is 48.3 Å². The predicted octanol–water partition coefficient (Wildman–Crippen LogP) is 2.34. The zero-order chi connectivity index (χ0) is 22.3. The third kappa shape index (κ3) is 4.90. The Labute approximate surface area is 169 Å². The fourth-order valence-corrected chi connectivity index (χ4v) is 2.56. The molecule has 0 fully saturated rings. The molecule has 0 aromatic carbocycles. The number of nitriles is 1.